The number of nitrogens with one attached hydrogen (secondary N) is 1. The highest BCUT2D eigenvalue weighted by molar-refractivity contribution is 5.66. The monoisotopic (exact) mass is 266 g/mol. The number of rotatable bonds is 4. The van der Waals surface area contributed by atoms with Gasteiger partial charge in [0.1, 0.15) is 5.82 Å². The van der Waals surface area contributed by atoms with Crippen molar-refractivity contribution in [2.24, 2.45) is 0 Å². The summed E-state index contributed by atoms with van der Waals surface area (Å²) >= 11 is 0. The van der Waals surface area contributed by atoms with Crippen LogP contribution in [0.15, 0.2) is 42.5 Å². The first-order valence-corrected chi connectivity index (χ1v) is 6.78. The fourth-order valence-corrected chi connectivity index (χ4v) is 2.21. The quantitative estimate of drug-likeness (QED) is 0.917. The molecule has 0 aliphatic heterocycles. The van der Waals surface area contributed by atoms with E-state index in [0.29, 0.717) is 17.2 Å². The summed E-state index contributed by atoms with van der Waals surface area (Å²) in [4.78, 5) is 0. The van der Waals surface area contributed by atoms with E-state index in [2.05, 4.69) is 11.4 Å². The lowest BCUT2D eigenvalue weighted by Crippen LogP contribution is -2.15. The summed E-state index contributed by atoms with van der Waals surface area (Å²) in [5.74, 6) is -0.254. The fraction of sp³-hybridized carbons (Fsp3) is 0.235. The molecule has 1 N–H and O–H groups in total. The van der Waals surface area contributed by atoms with E-state index in [0.717, 1.165) is 17.7 Å². The van der Waals surface area contributed by atoms with E-state index < -0.39 is 0 Å². The number of benzene rings is 2. The second-order valence-corrected chi connectivity index (χ2v) is 5.16. The Morgan fingerprint density at radius 2 is 2.05 bits per heavy atom. The van der Waals surface area contributed by atoms with Crippen molar-refractivity contribution < 1.29 is 4.39 Å². The highest BCUT2D eigenvalue weighted by Crippen LogP contribution is 2.25. The first kappa shape index (κ1) is 12.8. The molecule has 0 radical (unpaired) electrons. The van der Waals surface area contributed by atoms with Gasteiger partial charge in [-0.2, -0.15) is 5.26 Å². The van der Waals surface area contributed by atoms with Crippen molar-refractivity contribution in [3.8, 4) is 17.2 Å². The molecule has 3 heteroatoms. The molecule has 0 atom stereocenters. The van der Waals surface area contributed by atoms with Crippen LogP contribution in [-0.4, -0.2) is 6.04 Å². The van der Waals surface area contributed by atoms with E-state index in [-0.39, 0.29) is 5.82 Å². The average Bonchev–Trinajstić information content (AvgIpc) is 3.31. The van der Waals surface area contributed by atoms with Crippen molar-refractivity contribution in [1.82, 2.24) is 5.32 Å². The van der Waals surface area contributed by atoms with E-state index in [4.69, 9.17) is 5.26 Å². The molecule has 0 aromatic heterocycles. The van der Waals surface area contributed by atoms with Gasteiger partial charge in [0, 0.05) is 18.2 Å². The molecule has 0 bridgehead atoms. The van der Waals surface area contributed by atoms with Gasteiger partial charge in [-0.3, -0.25) is 0 Å². The molecule has 1 fully saturated rings. The molecule has 0 saturated heterocycles. The van der Waals surface area contributed by atoms with Crippen LogP contribution in [0.5, 0.6) is 0 Å². The topological polar surface area (TPSA) is 35.8 Å². The Labute approximate surface area is 117 Å². The van der Waals surface area contributed by atoms with E-state index in [1.54, 1.807) is 18.2 Å². The molecule has 2 nitrogen and oxygen atoms in total. The van der Waals surface area contributed by atoms with Gasteiger partial charge in [-0.25, -0.2) is 4.39 Å². The number of halogens is 1. The van der Waals surface area contributed by atoms with Gasteiger partial charge < -0.3 is 5.32 Å². The minimum atomic E-state index is -0.254. The van der Waals surface area contributed by atoms with Gasteiger partial charge in [-0.1, -0.05) is 18.2 Å². The van der Waals surface area contributed by atoms with Gasteiger partial charge in [-0.05, 0) is 48.2 Å². The second kappa shape index (κ2) is 5.44. The molecular weight excluding hydrogens is 251 g/mol. The van der Waals surface area contributed by atoms with Crippen molar-refractivity contribution in [3.63, 3.8) is 0 Å². The van der Waals surface area contributed by atoms with Crippen LogP contribution in [0.3, 0.4) is 0 Å². The van der Waals surface area contributed by atoms with Crippen molar-refractivity contribution in [3.05, 3.63) is 59.4 Å². The maximum absolute atomic E-state index is 14.0. The van der Waals surface area contributed by atoms with Crippen molar-refractivity contribution in [1.29, 1.82) is 5.26 Å². The number of nitriles is 1. The fourth-order valence-electron chi connectivity index (χ4n) is 2.21. The van der Waals surface area contributed by atoms with E-state index in [9.17, 15) is 4.39 Å². The third-order valence-corrected chi connectivity index (χ3v) is 3.51. The van der Waals surface area contributed by atoms with Crippen molar-refractivity contribution in [2.45, 2.75) is 25.4 Å². The number of nitrogens with zero attached hydrogens (tertiary/aromatic N) is 1. The highest BCUT2D eigenvalue weighted by atomic mass is 19.1. The van der Waals surface area contributed by atoms with E-state index in [1.165, 1.54) is 18.9 Å². The standard InChI is InChI=1S/C17H15FN2/c18-17-7-4-13(11-20-15-5-6-15)9-16(17)14-3-1-2-12(8-14)10-19/h1-4,7-9,15,20H,5-6,11H2. The van der Waals surface area contributed by atoms with Gasteiger partial charge in [-0.15, -0.1) is 0 Å². The summed E-state index contributed by atoms with van der Waals surface area (Å²) in [5, 5.41) is 12.4. The van der Waals surface area contributed by atoms with Crippen LogP contribution in [0, 0.1) is 17.1 Å². The maximum atomic E-state index is 14.0. The Bertz CT molecular complexity index is 669. The Kier molecular flexibility index (Phi) is 3.49. The smallest absolute Gasteiger partial charge is 0.131 e. The van der Waals surface area contributed by atoms with Crippen LogP contribution in [0.25, 0.3) is 11.1 Å². The van der Waals surface area contributed by atoms with Gasteiger partial charge in [0.2, 0.25) is 0 Å². The lowest BCUT2D eigenvalue weighted by Gasteiger charge is -2.08. The van der Waals surface area contributed by atoms with Gasteiger partial charge in [0.05, 0.1) is 11.6 Å². The predicted molar refractivity (Wildman–Crippen MR) is 76.4 cm³/mol. The van der Waals surface area contributed by atoms with Gasteiger partial charge >= 0.3 is 0 Å². The highest BCUT2D eigenvalue weighted by Gasteiger charge is 2.20. The molecule has 0 unspecified atom stereocenters. The Morgan fingerprint density at radius 1 is 1.20 bits per heavy atom. The zero-order valence-electron chi connectivity index (χ0n) is 11.1. The molecule has 1 aliphatic carbocycles. The lowest BCUT2D eigenvalue weighted by atomic mass is 10.0. The largest absolute Gasteiger partial charge is 0.310 e. The lowest BCUT2D eigenvalue weighted by molar-refractivity contribution is 0.628. The zero-order chi connectivity index (χ0) is 13.9. The van der Waals surface area contributed by atoms with Gasteiger partial charge in [0.25, 0.3) is 0 Å². The van der Waals surface area contributed by atoms with Crippen LogP contribution >= 0.6 is 0 Å². The molecule has 1 saturated carbocycles. The Morgan fingerprint density at radius 3 is 2.80 bits per heavy atom. The zero-order valence-corrected chi connectivity index (χ0v) is 11.1. The third kappa shape index (κ3) is 2.87. The number of hydrogen-bond acceptors (Lipinski definition) is 2. The molecule has 1 aliphatic rings. The first-order valence-electron chi connectivity index (χ1n) is 6.78. The van der Waals surface area contributed by atoms with Gasteiger partial charge in [0.15, 0.2) is 0 Å². The predicted octanol–water partition coefficient (Wildman–Crippen LogP) is 3.62. The minimum Gasteiger partial charge on any atom is -0.310 e. The summed E-state index contributed by atoms with van der Waals surface area (Å²) in [6.07, 6.45) is 2.47. The Hall–Kier alpha value is -2.18. The van der Waals surface area contributed by atoms with Crippen LogP contribution < -0.4 is 5.32 Å². The van der Waals surface area contributed by atoms with Crippen LogP contribution in [0.1, 0.15) is 24.0 Å². The summed E-state index contributed by atoms with van der Waals surface area (Å²) < 4.78 is 14.0. The van der Waals surface area contributed by atoms with Crippen molar-refractivity contribution in [2.75, 3.05) is 0 Å². The first-order chi connectivity index (χ1) is 9.76. The molecule has 100 valence electrons. The Balaban J connectivity index is 1.90. The molecule has 0 heterocycles. The molecule has 2 aromatic rings. The summed E-state index contributed by atoms with van der Waals surface area (Å²) in [7, 11) is 0. The summed E-state index contributed by atoms with van der Waals surface area (Å²) in [6, 6.07) is 14.9. The van der Waals surface area contributed by atoms with Crippen LogP contribution in [-0.2, 0) is 6.54 Å². The average molecular weight is 266 g/mol. The van der Waals surface area contributed by atoms with E-state index in [1.807, 2.05) is 18.2 Å². The summed E-state index contributed by atoms with van der Waals surface area (Å²) in [6.45, 7) is 0.760. The second-order valence-electron chi connectivity index (χ2n) is 5.16. The minimum absolute atomic E-state index is 0.254. The van der Waals surface area contributed by atoms with Crippen molar-refractivity contribution >= 4 is 0 Å². The third-order valence-electron chi connectivity index (χ3n) is 3.51. The maximum Gasteiger partial charge on any atom is 0.131 e. The molecule has 3 rings (SSSR count). The van der Waals surface area contributed by atoms with E-state index >= 15 is 0 Å². The normalized spacial score (nSPS) is 14.0. The SMILES string of the molecule is N#Cc1cccc(-c2cc(CNC3CC3)ccc2F)c1. The van der Waals surface area contributed by atoms with Crippen LogP contribution in [0.4, 0.5) is 4.39 Å². The molecular formula is C17H15FN2. The molecule has 20 heavy (non-hydrogen) atoms. The molecule has 0 amide bonds. The summed E-state index contributed by atoms with van der Waals surface area (Å²) in [5.41, 5.74) is 2.91. The molecule has 2 aromatic carbocycles. The molecule has 0 spiro atoms. The van der Waals surface area contributed by atoms with Crippen LogP contribution in [0.2, 0.25) is 0 Å². The number of hydrogen-bond donors (Lipinski definition) is 1.